The first-order valence-corrected chi connectivity index (χ1v) is 7.79. The molecule has 2 saturated carbocycles. The van der Waals surface area contributed by atoms with E-state index < -0.39 is 0 Å². The summed E-state index contributed by atoms with van der Waals surface area (Å²) in [5.74, 6) is 0.848. The molecule has 1 N–H and O–H groups in total. The molecule has 1 aromatic rings. The third kappa shape index (κ3) is 3.30. The van der Waals surface area contributed by atoms with E-state index in [9.17, 15) is 4.79 Å². The summed E-state index contributed by atoms with van der Waals surface area (Å²) >= 11 is 0. The first kappa shape index (κ1) is 13.4. The Hall–Kier alpha value is -1.58. The Bertz CT molecular complexity index is 480. The lowest BCUT2D eigenvalue weighted by molar-refractivity contribution is 0.0729. The van der Waals surface area contributed by atoms with E-state index in [0.29, 0.717) is 11.7 Å². The average molecular weight is 273 g/mol. The van der Waals surface area contributed by atoms with Crippen LogP contribution in [0, 0.1) is 5.92 Å². The van der Waals surface area contributed by atoms with Gasteiger partial charge in [0.2, 0.25) is 0 Å². The molecule has 108 valence electrons. The van der Waals surface area contributed by atoms with Gasteiger partial charge in [-0.1, -0.05) is 6.92 Å². The average Bonchev–Trinajstić information content (AvgIpc) is 3.35. The van der Waals surface area contributed by atoms with Crippen molar-refractivity contribution in [3.63, 3.8) is 0 Å². The van der Waals surface area contributed by atoms with Crippen molar-refractivity contribution in [1.82, 2.24) is 9.88 Å². The second kappa shape index (κ2) is 5.81. The maximum absolute atomic E-state index is 12.7. The van der Waals surface area contributed by atoms with Crippen molar-refractivity contribution in [2.75, 3.05) is 18.4 Å². The van der Waals surface area contributed by atoms with Gasteiger partial charge in [0.25, 0.3) is 5.91 Å². The third-order valence-electron chi connectivity index (χ3n) is 3.96. The number of rotatable bonds is 7. The monoisotopic (exact) mass is 273 g/mol. The summed E-state index contributed by atoms with van der Waals surface area (Å²) in [5, 5.41) is 3.32. The minimum atomic E-state index is 0.111. The molecule has 1 aromatic heterocycles. The van der Waals surface area contributed by atoms with Crippen LogP contribution >= 0.6 is 0 Å². The molecule has 1 heterocycles. The highest BCUT2D eigenvalue weighted by atomic mass is 16.2. The number of pyridine rings is 1. The second-order valence-corrected chi connectivity index (χ2v) is 5.99. The Morgan fingerprint density at radius 3 is 2.85 bits per heavy atom. The van der Waals surface area contributed by atoms with E-state index >= 15 is 0 Å². The molecular weight excluding hydrogens is 250 g/mol. The molecular formula is C16H23N3O. The van der Waals surface area contributed by atoms with Gasteiger partial charge in [-0.25, -0.2) is 0 Å². The van der Waals surface area contributed by atoms with Crippen LogP contribution in [0.15, 0.2) is 18.3 Å². The largest absolute Gasteiger partial charge is 0.385 e. The van der Waals surface area contributed by atoms with E-state index in [4.69, 9.17) is 0 Å². The molecule has 2 fully saturated rings. The fraction of sp³-hybridized carbons (Fsp3) is 0.625. The molecule has 2 aliphatic carbocycles. The van der Waals surface area contributed by atoms with E-state index in [-0.39, 0.29) is 5.91 Å². The SMILES string of the molecule is CCCNc1ccnc(C(=O)N(CC2CC2)C2CC2)c1. The van der Waals surface area contributed by atoms with Gasteiger partial charge < -0.3 is 10.2 Å². The molecule has 0 bridgehead atoms. The highest BCUT2D eigenvalue weighted by molar-refractivity contribution is 5.93. The molecule has 3 rings (SSSR count). The smallest absolute Gasteiger partial charge is 0.272 e. The standard InChI is InChI=1S/C16H23N3O/c1-2-8-17-13-7-9-18-15(10-13)16(20)19(14-5-6-14)11-12-3-4-12/h7,9-10,12,14H,2-6,8,11H2,1H3,(H,17,18). The Kier molecular flexibility index (Phi) is 3.90. The van der Waals surface area contributed by atoms with Crippen molar-refractivity contribution >= 4 is 11.6 Å². The quantitative estimate of drug-likeness (QED) is 0.831. The lowest BCUT2D eigenvalue weighted by Crippen LogP contribution is -2.35. The van der Waals surface area contributed by atoms with Gasteiger partial charge in [-0.3, -0.25) is 9.78 Å². The maximum atomic E-state index is 12.7. The van der Waals surface area contributed by atoms with Crippen molar-refractivity contribution in [2.45, 2.75) is 45.1 Å². The number of carbonyl (C=O) groups is 1. The first-order chi connectivity index (χ1) is 9.78. The minimum Gasteiger partial charge on any atom is -0.385 e. The minimum absolute atomic E-state index is 0.111. The number of hydrogen-bond donors (Lipinski definition) is 1. The number of anilines is 1. The number of nitrogens with one attached hydrogen (secondary N) is 1. The molecule has 20 heavy (non-hydrogen) atoms. The Balaban J connectivity index is 1.70. The molecule has 0 aliphatic heterocycles. The van der Waals surface area contributed by atoms with Crippen LogP contribution in [-0.2, 0) is 0 Å². The molecule has 4 heteroatoms. The number of nitrogens with zero attached hydrogens (tertiary/aromatic N) is 2. The lowest BCUT2D eigenvalue weighted by Gasteiger charge is -2.22. The molecule has 0 radical (unpaired) electrons. The lowest BCUT2D eigenvalue weighted by atomic mass is 10.2. The van der Waals surface area contributed by atoms with Gasteiger partial charge in [0.1, 0.15) is 5.69 Å². The Morgan fingerprint density at radius 1 is 1.40 bits per heavy atom. The topological polar surface area (TPSA) is 45.2 Å². The number of carbonyl (C=O) groups excluding carboxylic acids is 1. The zero-order chi connectivity index (χ0) is 13.9. The first-order valence-electron chi connectivity index (χ1n) is 7.79. The van der Waals surface area contributed by atoms with Crippen LogP contribution in [-0.4, -0.2) is 34.9 Å². The highest BCUT2D eigenvalue weighted by Gasteiger charge is 2.37. The Labute approximate surface area is 120 Å². The van der Waals surface area contributed by atoms with Gasteiger partial charge in [-0.2, -0.15) is 0 Å². The highest BCUT2D eigenvalue weighted by Crippen LogP contribution is 2.35. The fourth-order valence-electron chi connectivity index (χ4n) is 2.44. The van der Waals surface area contributed by atoms with Gasteiger partial charge in [-0.15, -0.1) is 0 Å². The molecule has 0 aromatic carbocycles. The second-order valence-electron chi connectivity index (χ2n) is 5.99. The van der Waals surface area contributed by atoms with Crippen LogP contribution in [0.25, 0.3) is 0 Å². The van der Waals surface area contributed by atoms with E-state index in [0.717, 1.165) is 44.0 Å². The van der Waals surface area contributed by atoms with Gasteiger partial charge >= 0.3 is 0 Å². The van der Waals surface area contributed by atoms with E-state index in [2.05, 4.69) is 22.1 Å². The normalized spacial score (nSPS) is 17.9. The van der Waals surface area contributed by atoms with Crippen LogP contribution in [0.5, 0.6) is 0 Å². The zero-order valence-corrected chi connectivity index (χ0v) is 12.1. The molecule has 0 atom stereocenters. The summed E-state index contributed by atoms with van der Waals surface area (Å²) in [6.45, 7) is 3.98. The van der Waals surface area contributed by atoms with Crippen molar-refractivity contribution in [2.24, 2.45) is 5.92 Å². The molecule has 0 saturated heterocycles. The molecule has 4 nitrogen and oxygen atoms in total. The third-order valence-corrected chi connectivity index (χ3v) is 3.96. The number of hydrogen-bond acceptors (Lipinski definition) is 3. The maximum Gasteiger partial charge on any atom is 0.272 e. The molecule has 1 amide bonds. The van der Waals surface area contributed by atoms with Crippen molar-refractivity contribution in [3.8, 4) is 0 Å². The fourth-order valence-corrected chi connectivity index (χ4v) is 2.44. The molecule has 2 aliphatic rings. The summed E-state index contributed by atoms with van der Waals surface area (Å²) in [7, 11) is 0. The van der Waals surface area contributed by atoms with Crippen LogP contribution in [0.4, 0.5) is 5.69 Å². The van der Waals surface area contributed by atoms with Crippen molar-refractivity contribution < 1.29 is 4.79 Å². The molecule has 0 spiro atoms. The van der Waals surface area contributed by atoms with Gasteiger partial charge in [0, 0.05) is 31.0 Å². The predicted molar refractivity (Wildman–Crippen MR) is 79.8 cm³/mol. The summed E-state index contributed by atoms with van der Waals surface area (Å²) < 4.78 is 0. The number of amides is 1. The zero-order valence-electron chi connectivity index (χ0n) is 12.1. The van der Waals surface area contributed by atoms with Gasteiger partial charge in [0.05, 0.1) is 0 Å². The Morgan fingerprint density at radius 2 is 2.20 bits per heavy atom. The van der Waals surface area contributed by atoms with E-state index in [1.54, 1.807) is 6.20 Å². The summed E-state index contributed by atoms with van der Waals surface area (Å²) in [6.07, 6.45) is 7.68. The van der Waals surface area contributed by atoms with Crippen molar-refractivity contribution in [1.29, 1.82) is 0 Å². The van der Waals surface area contributed by atoms with E-state index in [1.807, 2.05) is 12.1 Å². The predicted octanol–water partition coefficient (Wildman–Crippen LogP) is 2.92. The number of aromatic nitrogens is 1. The van der Waals surface area contributed by atoms with Crippen LogP contribution in [0.3, 0.4) is 0 Å². The van der Waals surface area contributed by atoms with Gasteiger partial charge in [0.15, 0.2) is 0 Å². The van der Waals surface area contributed by atoms with E-state index in [1.165, 1.54) is 12.8 Å². The van der Waals surface area contributed by atoms with Crippen LogP contribution < -0.4 is 5.32 Å². The van der Waals surface area contributed by atoms with Gasteiger partial charge in [-0.05, 0) is 50.2 Å². The van der Waals surface area contributed by atoms with Crippen LogP contribution in [0.1, 0.15) is 49.5 Å². The molecule has 0 unspecified atom stereocenters. The van der Waals surface area contributed by atoms with Crippen molar-refractivity contribution in [3.05, 3.63) is 24.0 Å². The van der Waals surface area contributed by atoms with Crippen LogP contribution in [0.2, 0.25) is 0 Å². The summed E-state index contributed by atoms with van der Waals surface area (Å²) in [5.41, 5.74) is 1.58. The summed E-state index contributed by atoms with van der Waals surface area (Å²) in [6, 6.07) is 4.28. The summed E-state index contributed by atoms with van der Waals surface area (Å²) in [4.78, 5) is 19.0.